The highest BCUT2D eigenvalue weighted by Gasteiger charge is 2.42. The van der Waals surface area contributed by atoms with Crippen LogP contribution in [0.2, 0.25) is 5.02 Å². The first-order chi connectivity index (χ1) is 9.06. The summed E-state index contributed by atoms with van der Waals surface area (Å²) in [5, 5.41) is 3.14. The lowest BCUT2D eigenvalue weighted by atomic mass is 10.0. The lowest BCUT2D eigenvalue weighted by Gasteiger charge is -2.15. The fourth-order valence-corrected chi connectivity index (χ4v) is 2.22. The van der Waals surface area contributed by atoms with E-state index >= 15 is 0 Å². The Balaban J connectivity index is 1.93. The summed E-state index contributed by atoms with van der Waals surface area (Å²) in [4.78, 5) is 11.9. The highest BCUT2D eigenvalue weighted by Crippen LogP contribution is 2.48. The van der Waals surface area contributed by atoms with Crippen molar-refractivity contribution in [2.45, 2.75) is 19.3 Å². The third kappa shape index (κ3) is 3.67. The highest BCUT2D eigenvalue weighted by atomic mass is 35.5. The van der Waals surface area contributed by atoms with Crippen molar-refractivity contribution in [3.05, 3.63) is 34.6 Å². The number of nitrogens with one attached hydrogen (secondary N) is 1. The van der Waals surface area contributed by atoms with Crippen LogP contribution in [0, 0.1) is 11.2 Å². The molecule has 0 radical (unpaired) electrons. The first kappa shape index (κ1) is 14.3. The zero-order valence-corrected chi connectivity index (χ0v) is 11.6. The van der Waals surface area contributed by atoms with Gasteiger partial charge in [0.1, 0.15) is 5.82 Å². The number of halogens is 2. The Morgan fingerprint density at radius 2 is 2.26 bits per heavy atom. The van der Waals surface area contributed by atoms with Crippen molar-refractivity contribution >= 4 is 17.5 Å². The van der Waals surface area contributed by atoms with E-state index in [1.807, 2.05) is 0 Å². The minimum Gasteiger partial charge on any atom is -0.385 e. The van der Waals surface area contributed by atoms with E-state index in [-0.39, 0.29) is 11.0 Å². The third-order valence-electron chi connectivity index (χ3n) is 3.59. The molecule has 1 aromatic rings. The average Bonchev–Trinajstić information content (AvgIpc) is 3.17. The largest absolute Gasteiger partial charge is 0.385 e. The molecule has 1 aromatic carbocycles. The molecule has 1 amide bonds. The minimum absolute atomic E-state index is 0.00459. The molecule has 0 aromatic heterocycles. The van der Waals surface area contributed by atoms with Gasteiger partial charge in [0, 0.05) is 25.3 Å². The Labute approximate surface area is 117 Å². The van der Waals surface area contributed by atoms with E-state index in [0.717, 1.165) is 19.3 Å². The second kappa shape index (κ2) is 5.88. The fraction of sp³-hybridized carbons (Fsp3) is 0.500. The van der Waals surface area contributed by atoms with Crippen LogP contribution in [0.15, 0.2) is 18.2 Å². The van der Waals surface area contributed by atoms with Crippen molar-refractivity contribution in [3.63, 3.8) is 0 Å². The maximum absolute atomic E-state index is 13.5. The molecule has 0 aliphatic heterocycles. The zero-order chi connectivity index (χ0) is 13.9. The normalized spacial score (nSPS) is 16.2. The molecule has 0 saturated heterocycles. The quantitative estimate of drug-likeness (QED) is 0.872. The van der Waals surface area contributed by atoms with Crippen molar-refractivity contribution in [1.29, 1.82) is 0 Å². The number of methoxy groups -OCH3 is 1. The number of carbonyl (C=O) groups excluding carboxylic acids is 1. The molecule has 0 unspecified atom stereocenters. The summed E-state index contributed by atoms with van der Waals surface area (Å²) in [6.45, 7) is 1.24. The molecule has 1 aliphatic rings. The van der Waals surface area contributed by atoms with Gasteiger partial charge >= 0.3 is 0 Å². The molecule has 1 N–H and O–H groups in total. The number of rotatable bonds is 6. The molecular formula is C14H17ClFNO2. The van der Waals surface area contributed by atoms with Crippen molar-refractivity contribution in [2.75, 3.05) is 20.3 Å². The standard InChI is InChI=1S/C14H17ClFNO2/c1-19-7-6-14(4-5-14)9-17-13(18)11-8-10(15)2-3-12(11)16/h2-3,8H,4-7,9H2,1H3,(H,17,18). The van der Waals surface area contributed by atoms with E-state index < -0.39 is 11.7 Å². The van der Waals surface area contributed by atoms with Crippen LogP contribution in [0.25, 0.3) is 0 Å². The molecule has 0 spiro atoms. The third-order valence-corrected chi connectivity index (χ3v) is 3.83. The maximum Gasteiger partial charge on any atom is 0.254 e. The molecule has 3 nitrogen and oxygen atoms in total. The molecular weight excluding hydrogens is 269 g/mol. The van der Waals surface area contributed by atoms with Crippen LogP contribution < -0.4 is 5.32 Å². The SMILES string of the molecule is COCCC1(CNC(=O)c2cc(Cl)ccc2F)CC1. The molecule has 0 heterocycles. The molecule has 5 heteroatoms. The maximum atomic E-state index is 13.5. The molecule has 0 bridgehead atoms. The van der Waals surface area contributed by atoms with E-state index in [0.29, 0.717) is 18.2 Å². The average molecular weight is 286 g/mol. The van der Waals surface area contributed by atoms with Crippen LogP contribution >= 0.6 is 11.6 Å². The number of carbonyl (C=O) groups is 1. The summed E-state index contributed by atoms with van der Waals surface area (Å²) in [5.74, 6) is -0.965. The van der Waals surface area contributed by atoms with Crippen LogP contribution in [-0.4, -0.2) is 26.2 Å². The first-order valence-electron chi connectivity index (χ1n) is 6.28. The summed E-state index contributed by atoms with van der Waals surface area (Å²) in [5.41, 5.74) is 0.135. The summed E-state index contributed by atoms with van der Waals surface area (Å²) in [6, 6.07) is 3.98. The second-order valence-corrected chi connectivity index (χ2v) is 5.49. The molecule has 1 fully saturated rings. The topological polar surface area (TPSA) is 38.3 Å². The molecule has 2 rings (SSSR count). The van der Waals surface area contributed by atoms with E-state index in [1.165, 1.54) is 18.2 Å². The van der Waals surface area contributed by atoms with Crippen LogP contribution in [0.3, 0.4) is 0 Å². The number of amides is 1. The first-order valence-corrected chi connectivity index (χ1v) is 6.66. The molecule has 1 saturated carbocycles. The molecule has 1 aliphatic carbocycles. The monoisotopic (exact) mass is 285 g/mol. The van der Waals surface area contributed by atoms with Gasteiger partial charge in [-0.1, -0.05) is 11.6 Å². The van der Waals surface area contributed by atoms with E-state index in [1.54, 1.807) is 7.11 Å². The number of hydrogen-bond acceptors (Lipinski definition) is 2. The van der Waals surface area contributed by atoms with Crippen molar-refractivity contribution in [3.8, 4) is 0 Å². The van der Waals surface area contributed by atoms with Gasteiger partial charge in [-0.25, -0.2) is 4.39 Å². The zero-order valence-electron chi connectivity index (χ0n) is 10.8. The Kier molecular flexibility index (Phi) is 4.42. The molecule has 0 atom stereocenters. The number of hydrogen-bond donors (Lipinski definition) is 1. The predicted octanol–water partition coefficient (Wildman–Crippen LogP) is 3.03. The van der Waals surface area contributed by atoms with Crippen molar-refractivity contribution in [1.82, 2.24) is 5.32 Å². The lowest BCUT2D eigenvalue weighted by Crippen LogP contribution is -2.31. The molecule has 19 heavy (non-hydrogen) atoms. The van der Waals surface area contributed by atoms with Gasteiger partial charge in [0.25, 0.3) is 5.91 Å². The van der Waals surface area contributed by atoms with Gasteiger partial charge in [-0.05, 0) is 42.9 Å². The van der Waals surface area contributed by atoms with Crippen LogP contribution in [0.5, 0.6) is 0 Å². The van der Waals surface area contributed by atoms with Crippen molar-refractivity contribution in [2.24, 2.45) is 5.41 Å². The number of benzene rings is 1. The fourth-order valence-electron chi connectivity index (χ4n) is 2.05. The number of ether oxygens (including phenoxy) is 1. The second-order valence-electron chi connectivity index (χ2n) is 5.05. The summed E-state index contributed by atoms with van der Waals surface area (Å²) in [6.07, 6.45) is 3.07. The highest BCUT2D eigenvalue weighted by molar-refractivity contribution is 6.30. The van der Waals surface area contributed by atoms with E-state index in [2.05, 4.69) is 5.32 Å². The smallest absolute Gasteiger partial charge is 0.254 e. The van der Waals surface area contributed by atoms with Crippen LogP contribution in [-0.2, 0) is 4.74 Å². The molecule has 104 valence electrons. The van der Waals surface area contributed by atoms with Crippen LogP contribution in [0.4, 0.5) is 4.39 Å². The van der Waals surface area contributed by atoms with Gasteiger partial charge in [0.15, 0.2) is 0 Å². The van der Waals surface area contributed by atoms with E-state index in [9.17, 15) is 9.18 Å². The van der Waals surface area contributed by atoms with Gasteiger partial charge in [-0.15, -0.1) is 0 Å². The van der Waals surface area contributed by atoms with Gasteiger partial charge in [-0.2, -0.15) is 0 Å². The Morgan fingerprint density at radius 1 is 1.53 bits per heavy atom. The lowest BCUT2D eigenvalue weighted by molar-refractivity contribution is 0.0934. The summed E-state index contributed by atoms with van der Waals surface area (Å²) in [7, 11) is 1.66. The minimum atomic E-state index is -0.552. The predicted molar refractivity (Wildman–Crippen MR) is 71.9 cm³/mol. The van der Waals surface area contributed by atoms with Crippen LogP contribution in [0.1, 0.15) is 29.6 Å². The Hall–Kier alpha value is -1.13. The summed E-state index contributed by atoms with van der Waals surface area (Å²) < 4.78 is 18.6. The van der Waals surface area contributed by atoms with Gasteiger partial charge in [-0.3, -0.25) is 4.79 Å². The Bertz CT molecular complexity index is 475. The summed E-state index contributed by atoms with van der Waals surface area (Å²) >= 11 is 5.77. The van der Waals surface area contributed by atoms with Crippen molar-refractivity contribution < 1.29 is 13.9 Å². The van der Waals surface area contributed by atoms with E-state index in [4.69, 9.17) is 16.3 Å². The van der Waals surface area contributed by atoms with Gasteiger partial charge < -0.3 is 10.1 Å². The van der Waals surface area contributed by atoms with Gasteiger partial charge in [0.2, 0.25) is 0 Å². The van der Waals surface area contributed by atoms with Gasteiger partial charge in [0.05, 0.1) is 5.56 Å². The Morgan fingerprint density at radius 3 is 2.89 bits per heavy atom.